The number of alkyl halides is 4. The molecule has 1 aromatic heterocycles. The molecule has 102 valence electrons. The number of nitrogens with zero attached hydrogens (tertiary/aromatic N) is 2. The van der Waals surface area contributed by atoms with Gasteiger partial charge in [-0.2, -0.15) is 18.3 Å². The topological polar surface area (TPSA) is 17.8 Å². The van der Waals surface area contributed by atoms with E-state index in [9.17, 15) is 17.6 Å². The normalized spacial score (nSPS) is 11.9. The van der Waals surface area contributed by atoms with E-state index in [0.717, 1.165) is 12.3 Å². The molecule has 0 saturated heterocycles. The van der Waals surface area contributed by atoms with E-state index in [1.807, 2.05) is 0 Å². The summed E-state index contributed by atoms with van der Waals surface area (Å²) in [6, 6.07) is 3.58. The summed E-state index contributed by atoms with van der Waals surface area (Å²) < 4.78 is 53.1. The standard InChI is InChI=1S/C11H6Cl2F4N2/c12-4-6-5-18-19(10(6)11(15,16)17)9-7(13)2-1-3-8(9)14/h1-3,5H,4H2. The lowest BCUT2D eigenvalue weighted by Gasteiger charge is -2.13. The monoisotopic (exact) mass is 312 g/mol. The lowest BCUT2D eigenvalue weighted by atomic mass is 10.2. The first-order valence-corrected chi connectivity index (χ1v) is 5.92. The zero-order chi connectivity index (χ0) is 14.2. The number of benzene rings is 1. The van der Waals surface area contributed by atoms with Crippen molar-refractivity contribution in [3.8, 4) is 5.69 Å². The first kappa shape index (κ1) is 14.1. The fraction of sp³-hybridized carbons (Fsp3) is 0.182. The van der Waals surface area contributed by atoms with E-state index in [1.165, 1.54) is 12.1 Å². The fourth-order valence-corrected chi connectivity index (χ4v) is 2.08. The van der Waals surface area contributed by atoms with Gasteiger partial charge in [-0.3, -0.25) is 0 Å². The third kappa shape index (κ3) is 2.55. The molecule has 19 heavy (non-hydrogen) atoms. The van der Waals surface area contributed by atoms with E-state index >= 15 is 0 Å². The second-order valence-corrected chi connectivity index (χ2v) is 4.31. The lowest BCUT2D eigenvalue weighted by Crippen LogP contribution is -2.16. The molecule has 8 heteroatoms. The predicted octanol–water partition coefficient (Wildman–Crippen LogP) is 4.42. The summed E-state index contributed by atoms with van der Waals surface area (Å²) in [6.45, 7) is 0. The molecule has 0 amide bonds. The maximum Gasteiger partial charge on any atom is 0.433 e. The highest BCUT2D eigenvalue weighted by Crippen LogP contribution is 2.36. The Morgan fingerprint density at radius 2 is 1.95 bits per heavy atom. The zero-order valence-corrected chi connectivity index (χ0v) is 10.7. The molecule has 0 radical (unpaired) electrons. The summed E-state index contributed by atoms with van der Waals surface area (Å²) >= 11 is 11.2. The third-order valence-electron chi connectivity index (χ3n) is 2.41. The van der Waals surface area contributed by atoms with Crippen molar-refractivity contribution in [2.75, 3.05) is 0 Å². The van der Waals surface area contributed by atoms with E-state index in [4.69, 9.17) is 23.2 Å². The van der Waals surface area contributed by atoms with Crippen molar-refractivity contribution in [2.24, 2.45) is 0 Å². The van der Waals surface area contributed by atoms with E-state index in [1.54, 1.807) is 0 Å². The minimum Gasteiger partial charge on any atom is -0.224 e. The van der Waals surface area contributed by atoms with Gasteiger partial charge in [0.2, 0.25) is 0 Å². The highest BCUT2D eigenvalue weighted by molar-refractivity contribution is 6.32. The molecule has 0 saturated carbocycles. The van der Waals surface area contributed by atoms with Crippen molar-refractivity contribution < 1.29 is 17.6 Å². The van der Waals surface area contributed by atoms with E-state index in [0.29, 0.717) is 4.68 Å². The molecule has 2 aromatic rings. The first-order chi connectivity index (χ1) is 8.86. The molecule has 0 atom stereocenters. The maximum absolute atomic E-state index is 13.7. The highest BCUT2D eigenvalue weighted by Gasteiger charge is 2.39. The van der Waals surface area contributed by atoms with Crippen LogP contribution in [0.5, 0.6) is 0 Å². The number of para-hydroxylation sites is 1. The van der Waals surface area contributed by atoms with Crippen LogP contribution in [0.15, 0.2) is 24.4 Å². The van der Waals surface area contributed by atoms with Crippen LogP contribution in [-0.4, -0.2) is 9.78 Å². The first-order valence-electron chi connectivity index (χ1n) is 5.00. The van der Waals surface area contributed by atoms with Gasteiger partial charge in [-0.15, -0.1) is 11.6 Å². The number of halogens is 6. The van der Waals surface area contributed by atoms with Crippen molar-refractivity contribution in [3.63, 3.8) is 0 Å². The Bertz CT molecular complexity index is 587. The Kier molecular flexibility index (Phi) is 3.73. The summed E-state index contributed by atoms with van der Waals surface area (Å²) in [5.41, 5.74) is -1.82. The number of rotatable bonds is 2. The molecule has 0 N–H and O–H groups in total. The molecule has 1 aromatic carbocycles. The number of hydrogen-bond acceptors (Lipinski definition) is 1. The minimum atomic E-state index is -4.72. The largest absolute Gasteiger partial charge is 0.433 e. The summed E-state index contributed by atoms with van der Waals surface area (Å²) in [4.78, 5) is 0. The molecular weight excluding hydrogens is 307 g/mol. The van der Waals surface area contributed by atoms with Gasteiger partial charge in [-0.1, -0.05) is 17.7 Å². The minimum absolute atomic E-state index is 0.172. The van der Waals surface area contributed by atoms with Gasteiger partial charge in [0.05, 0.1) is 17.1 Å². The molecule has 2 nitrogen and oxygen atoms in total. The lowest BCUT2D eigenvalue weighted by molar-refractivity contribution is -0.143. The average molecular weight is 313 g/mol. The van der Waals surface area contributed by atoms with Gasteiger partial charge >= 0.3 is 6.18 Å². The molecule has 0 aliphatic heterocycles. The Labute approximate surface area is 115 Å². The van der Waals surface area contributed by atoms with Gasteiger partial charge in [0.1, 0.15) is 11.5 Å². The van der Waals surface area contributed by atoms with Gasteiger partial charge in [-0.05, 0) is 12.1 Å². The number of aromatic nitrogens is 2. The maximum atomic E-state index is 13.7. The van der Waals surface area contributed by atoms with Crippen LogP contribution in [0.2, 0.25) is 5.02 Å². The molecular formula is C11H6Cl2F4N2. The van der Waals surface area contributed by atoms with E-state index < -0.39 is 23.4 Å². The van der Waals surface area contributed by atoms with Crippen molar-refractivity contribution in [1.29, 1.82) is 0 Å². The van der Waals surface area contributed by atoms with Crippen LogP contribution in [0, 0.1) is 5.82 Å². The van der Waals surface area contributed by atoms with Crippen molar-refractivity contribution in [1.82, 2.24) is 9.78 Å². The van der Waals surface area contributed by atoms with Crippen LogP contribution in [0.3, 0.4) is 0 Å². The molecule has 0 bridgehead atoms. The summed E-state index contributed by atoms with van der Waals surface area (Å²) in [5.74, 6) is -1.29. The van der Waals surface area contributed by atoms with E-state index in [-0.39, 0.29) is 16.5 Å². The van der Waals surface area contributed by atoms with Gasteiger partial charge in [0.15, 0.2) is 5.69 Å². The van der Waals surface area contributed by atoms with Gasteiger partial charge in [-0.25, -0.2) is 9.07 Å². The second kappa shape index (κ2) is 5.02. The predicted molar refractivity (Wildman–Crippen MR) is 63.1 cm³/mol. The molecule has 0 spiro atoms. The van der Waals surface area contributed by atoms with Gasteiger partial charge in [0, 0.05) is 5.56 Å². The zero-order valence-electron chi connectivity index (χ0n) is 9.18. The van der Waals surface area contributed by atoms with E-state index in [2.05, 4.69) is 5.10 Å². The SMILES string of the molecule is Fc1cccc(Cl)c1-n1ncc(CCl)c1C(F)(F)F. The van der Waals surface area contributed by atoms with Gasteiger partial charge < -0.3 is 0 Å². The summed E-state index contributed by atoms with van der Waals surface area (Å²) in [5, 5.41) is 3.36. The molecule has 0 unspecified atom stereocenters. The smallest absolute Gasteiger partial charge is 0.224 e. The van der Waals surface area contributed by atoms with Crippen molar-refractivity contribution in [2.45, 2.75) is 12.1 Å². The van der Waals surface area contributed by atoms with Crippen molar-refractivity contribution in [3.05, 3.63) is 46.5 Å². The Morgan fingerprint density at radius 1 is 1.26 bits per heavy atom. The Morgan fingerprint density at radius 3 is 2.47 bits per heavy atom. The van der Waals surface area contributed by atoms with Gasteiger partial charge in [0.25, 0.3) is 0 Å². The molecule has 0 aliphatic rings. The third-order valence-corrected chi connectivity index (χ3v) is 3.00. The van der Waals surface area contributed by atoms with Crippen LogP contribution in [-0.2, 0) is 12.1 Å². The van der Waals surface area contributed by atoms with Crippen LogP contribution >= 0.6 is 23.2 Å². The number of hydrogen-bond donors (Lipinski definition) is 0. The Hall–Kier alpha value is -1.27. The van der Waals surface area contributed by atoms with Crippen LogP contribution in [0.1, 0.15) is 11.3 Å². The van der Waals surface area contributed by atoms with Crippen molar-refractivity contribution >= 4 is 23.2 Å². The van der Waals surface area contributed by atoms with Crippen LogP contribution < -0.4 is 0 Å². The van der Waals surface area contributed by atoms with Crippen LogP contribution in [0.25, 0.3) is 5.69 Å². The molecule has 1 heterocycles. The molecule has 2 rings (SSSR count). The second-order valence-electron chi connectivity index (χ2n) is 3.63. The van der Waals surface area contributed by atoms with Crippen LogP contribution in [0.4, 0.5) is 17.6 Å². The molecule has 0 aliphatic carbocycles. The summed E-state index contributed by atoms with van der Waals surface area (Å²) in [6.07, 6.45) is -3.77. The quantitative estimate of drug-likeness (QED) is 0.593. The average Bonchev–Trinajstić information content (AvgIpc) is 2.72. The fourth-order valence-electron chi connectivity index (χ4n) is 1.64. The molecule has 0 fully saturated rings. The Balaban J connectivity index is 2.74. The highest BCUT2D eigenvalue weighted by atomic mass is 35.5. The summed E-state index contributed by atoms with van der Waals surface area (Å²) in [7, 11) is 0.